The van der Waals surface area contributed by atoms with Crippen molar-refractivity contribution in [3.05, 3.63) is 29.8 Å². The van der Waals surface area contributed by atoms with Crippen LogP contribution in [0.25, 0.3) is 11.0 Å². The number of benzene rings is 1. The number of aryl methyl sites for hydroxylation is 1. The van der Waals surface area contributed by atoms with Crippen LogP contribution in [0.1, 0.15) is 44.3 Å². The van der Waals surface area contributed by atoms with E-state index in [0.29, 0.717) is 6.54 Å². The van der Waals surface area contributed by atoms with Gasteiger partial charge in [0.05, 0.1) is 11.0 Å². The zero-order valence-corrected chi connectivity index (χ0v) is 12.0. The van der Waals surface area contributed by atoms with Crippen LogP contribution in [0.2, 0.25) is 0 Å². The molecular weight excluding hydrogens is 253 g/mol. The fraction of sp³-hybridized carbons (Fsp3) is 0.562. The molecule has 1 fully saturated rings. The third-order valence-corrected chi connectivity index (χ3v) is 4.77. The van der Waals surface area contributed by atoms with Crippen LogP contribution < -0.4 is 5.73 Å². The Hall–Kier alpha value is -1.42. The Morgan fingerprint density at radius 2 is 1.95 bits per heavy atom. The monoisotopic (exact) mass is 275 g/mol. The number of halogens is 1. The number of fused-ring (bicyclic) bond motifs is 1. The molecule has 1 aromatic heterocycles. The number of aromatic nitrogens is 2. The van der Waals surface area contributed by atoms with Crippen LogP contribution in [-0.4, -0.2) is 16.1 Å². The largest absolute Gasteiger partial charge is 0.331 e. The van der Waals surface area contributed by atoms with E-state index in [0.717, 1.165) is 29.7 Å². The van der Waals surface area contributed by atoms with Crippen LogP contribution in [-0.2, 0) is 12.5 Å². The highest BCUT2D eigenvalue weighted by Gasteiger charge is 2.35. The molecule has 1 aliphatic rings. The normalized spacial score (nSPS) is 19.1. The zero-order valence-electron chi connectivity index (χ0n) is 12.0. The SMILES string of the molecule is Cn1c(C2(CN)CCCCCC2)nc2ccc(F)cc21. The summed E-state index contributed by atoms with van der Waals surface area (Å²) in [5.74, 6) is 0.817. The van der Waals surface area contributed by atoms with Crippen LogP contribution in [0.5, 0.6) is 0 Å². The fourth-order valence-corrected chi connectivity index (χ4v) is 3.56. The van der Waals surface area contributed by atoms with Crippen molar-refractivity contribution in [2.24, 2.45) is 12.8 Å². The molecule has 2 N–H and O–H groups in total. The van der Waals surface area contributed by atoms with E-state index in [4.69, 9.17) is 10.7 Å². The van der Waals surface area contributed by atoms with Crippen LogP contribution in [0.15, 0.2) is 18.2 Å². The minimum Gasteiger partial charge on any atom is -0.331 e. The average Bonchev–Trinajstić information content (AvgIpc) is 2.66. The molecule has 0 atom stereocenters. The molecule has 0 amide bonds. The lowest BCUT2D eigenvalue weighted by Crippen LogP contribution is -2.37. The summed E-state index contributed by atoms with van der Waals surface area (Å²) in [6.45, 7) is 0.618. The van der Waals surface area contributed by atoms with Gasteiger partial charge in [-0.1, -0.05) is 25.7 Å². The van der Waals surface area contributed by atoms with Crippen molar-refractivity contribution in [1.82, 2.24) is 9.55 Å². The molecule has 2 aromatic rings. The Morgan fingerprint density at radius 1 is 1.25 bits per heavy atom. The summed E-state index contributed by atoms with van der Waals surface area (Å²) in [5, 5.41) is 0. The molecule has 1 aromatic carbocycles. The van der Waals surface area contributed by atoms with Gasteiger partial charge in [-0.25, -0.2) is 9.37 Å². The maximum absolute atomic E-state index is 13.4. The van der Waals surface area contributed by atoms with E-state index in [-0.39, 0.29) is 11.2 Å². The molecule has 0 aliphatic heterocycles. The molecule has 108 valence electrons. The van der Waals surface area contributed by atoms with Gasteiger partial charge in [0.2, 0.25) is 0 Å². The molecule has 0 spiro atoms. The standard InChI is InChI=1S/C16H22FN3/c1-20-14-10-12(17)6-7-13(14)19-15(20)16(11-18)8-4-2-3-5-9-16/h6-7,10H,2-5,8-9,11,18H2,1H3. The number of imidazole rings is 1. The van der Waals surface area contributed by atoms with E-state index >= 15 is 0 Å². The topological polar surface area (TPSA) is 43.8 Å². The van der Waals surface area contributed by atoms with Crippen molar-refractivity contribution in [1.29, 1.82) is 0 Å². The predicted molar refractivity (Wildman–Crippen MR) is 79.1 cm³/mol. The highest BCUT2D eigenvalue weighted by molar-refractivity contribution is 5.76. The Morgan fingerprint density at radius 3 is 2.60 bits per heavy atom. The Balaban J connectivity index is 2.13. The van der Waals surface area contributed by atoms with Crippen molar-refractivity contribution < 1.29 is 4.39 Å². The molecule has 0 saturated heterocycles. The Kier molecular flexibility index (Phi) is 3.50. The second-order valence-electron chi connectivity index (χ2n) is 6.03. The quantitative estimate of drug-likeness (QED) is 0.855. The van der Waals surface area contributed by atoms with E-state index in [1.54, 1.807) is 12.1 Å². The van der Waals surface area contributed by atoms with Gasteiger partial charge in [-0.15, -0.1) is 0 Å². The molecule has 4 heteroatoms. The predicted octanol–water partition coefficient (Wildman–Crippen LogP) is 3.26. The zero-order chi connectivity index (χ0) is 14.2. The summed E-state index contributed by atoms with van der Waals surface area (Å²) in [6, 6.07) is 4.79. The number of hydrogen-bond acceptors (Lipinski definition) is 2. The van der Waals surface area contributed by atoms with Gasteiger partial charge in [-0.3, -0.25) is 0 Å². The molecule has 1 aliphatic carbocycles. The third-order valence-electron chi connectivity index (χ3n) is 4.77. The maximum atomic E-state index is 13.4. The first-order valence-electron chi connectivity index (χ1n) is 7.49. The second-order valence-corrected chi connectivity index (χ2v) is 6.03. The van der Waals surface area contributed by atoms with Crippen molar-refractivity contribution in [3.63, 3.8) is 0 Å². The molecule has 20 heavy (non-hydrogen) atoms. The van der Waals surface area contributed by atoms with E-state index in [2.05, 4.69) is 0 Å². The fourth-order valence-electron chi connectivity index (χ4n) is 3.56. The van der Waals surface area contributed by atoms with Gasteiger partial charge in [-0.2, -0.15) is 0 Å². The molecule has 0 radical (unpaired) electrons. The van der Waals surface area contributed by atoms with E-state index in [9.17, 15) is 4.39 Å². The van der Waals surface area contributed by atoms with Gasteiger partial charge in [-0.05, 0) is 31.0 Å². The first-order valence-corrected chi connectivity index (χ1v) is 7.49. The third kappa shape index (κ3) is 2.12. The van der Waals surface area contributed by atoms with E-state index in [1.807, 2.05) is 11.6 Å². The summed E-state index contributed by atoms with van der Waals surface area (Å²) in [5.41, 5.74) is 7.81. The molecule has 3 rings (SSSR count). The summed E-state index contributed by atoms with van der Waals surface area (Å²) in [4.78, 5) is 4.78. The molecule has 3 nitrogen and oxygen atoms in total. The van der Waals surface area contributed by atoms with Gasteiger partial charge < -0.3 is 10.3 Å². The van der Waals surface area contributed by atoms with Crippen LogP contribution in [0.3, 0.4) is 0 Å². The number of rotatable bonds is 2. The van der Waals surface area contributed by atoms with Crippen molar-refractivity contribution in [2.75, 3.05) is 6.54 Å². The highest BCUT2D eigenvalue weighted by Crippen LogP contribution is 2.38. The number of nitrogens with two attached hydrogens (primary N) is 1. The maximum Gasteiger partial charge on any atom is 0.125 e. The van der Waals surface area contributed by atoms with Crippen molar-refractivity contribution in [3.8, 4) is 0 Å². The van der Waals surface area contributed by atoms with Crippen LogP contribution in [0.4, 0.5) is 4.39 Å². The highest BCUT2D eigenvalue weighted by atomic mass is 19.1. The van der Waals surface area contributed by atoms with Gasteiger partial charge in [0.1, 0.15) is 11.6 Å². The molecule has 0 bridgehead atoms. The summed E-state index contributed by atoms with van der Waals surface area (Å²) in [6.07, 6.45) is 7.14. The van der Waals surface area contributed by atoms with E-state index < -0.39 is 0 Å². The van der Waals surface area contributed by atoms with Gasteiger partial charge in [0.15, 0.2) is 0 Å². The first kappa shape index (κ1) is 13.6. The minimum atomic E-state index is -0.213. The lowest BCUT2D eigenvalue weighted by Gasteiger charge is -2.30. The smallest absolute Gasteiger partial charge is 0.125 e. The number of nitrogens with zero attached hydrogens (tertiary/aromatic N) is 2. The van der Waals surface area contributed by atoms with Crippen molar-refractivity contribution >= 4 is 11.0 Å². The van der Waals surface area contributed by atoms with Crippen molar-refractivity contribution in [2.45, 2.75) is 43.9 Å². The average molecular weight is 275 g/mol. The minimum absolute atomic E-state index is 0.0409. The summed E-state index contributed by atoms with van der Waals surface area (Å²) in [7, 11) is 1.98. The molecular formula is C16H22FN3. The Labute approximate surface area is 119 Å². The summed E-state index contributed by atoms with van der Waals surface area (Å²) < 4.78 is 15.5. The second kappa shape index (κ2) is 5.17. The lowest BCUT2D eigenvalue weighted by molar-refractivity contribution is 0.351. The van der Waals surface area contributed by atoms with E-state index in [1.165, 1.54) is 31.7 Å². The molecule has 1 heterocycles. The van der Waals surface area contributed by atoms with Crippen LogP contribution in [0, 0.1) is 5.82 Å². The summed E-state index contributed by atoms with van der Waals surface area (Å²) >= 11 is 0. The van der Waals surface area contributed by atoms with Crippen LogP contribution >= 0.6 is 0 Å². The molecule has 0 unspecified atom stereocenters. The first-order chi connectivity index (χ1) is 9.66. The molecule has 1 saturated carbocycles. The van der Waals surface area contributed by atoms with Gasteiger partial charge >= 0.3 is 0 Å². The lowest BCUT2D eigenvalue weighted by atomic mass is 9.79. The number of hydrogen-bond donors (Lipinski definition) is 1. The van der Waals surface area contributed by atoms with Gasteiger partial charge in [0.25, 0.3) is 0 Å². The van der Waals surface area contributed by atoms with Gasteiger partial charge in [0, 0.05) is 19.0 Å². The Bertz CT molecular complexity index is 609.